The van der Waals surface area contributed by atoms with Crippen molar-refractivity contribution in [2.45, 2.75) is 50.5 Å². The summed E-state index contributed by atoms with van der Waals surface area (Å²) in [5, 5.41) is 2.15. The summed E-state index contributed by atoms with van der Waals surface area (Å²) in [5.41, 5.74) is 9.36. The Bertz CT molecular complexity index is 528. The SMILES string of the molecule is NC(CCCc1cccs1)c1ccccc1C1CCC1. The number of benzene rings is 1. The van der Waals surface area contributed by atoms with Crippen molar-refractivity contribution < 1.29 is 0 Å². The second kappa shape index (κ2) is 6.55. The average Bonchev–Trinajstić information content (AvgIpc) is 2.90. The van der Waals surface area contributed by atoms with Crippen LogP contribution in [0.25, 0.3) is 0 Å². The zero-order valence-electron chi connectivity index (χ0n) is 11.9. The van der Waals surface area contributed by atoms with Gasteiger partial charge in [0.25, 0.3) is 0 Å². The van der Waals surface area contributed by atoms with Crippen molar-refractivity contribution in [1.82, 2.24) is 0 Å². The molecule has 2 aromatic rings. The van der Waals surface area contributed by atoms with Crippen molar-refractivity contribution in [3.63, 3.8) is 0 Å². The summed E-state index contributed by atoms with van der Waals surface area (Å²) in [4.78, 5) is 1.48. The van der Waals surface area contributed by atoms with Crippen LogP contribution in [-0.2, 0) is 6.42 Å². The Morgan fingerprint density at radius 3 is 2.70 bits per heavy atom. The number of hydrogen-bond donors (Lipinski definition) is 1. The molecule has 1 aliphatic carbocycles. The molecule has 1 saturated carbocycles. The van der Waals surface area contributed by atoms with Crippen LogP contribution in [0.1, 0.15) is 60.1 Å². The van der Waals surface area contributed by atoms with E-state index in [9.17, 15) is 0 Å². The van der Waals surface area contributed by atoms with Crippen LogP contribution in [0.15, 0.2) is 41.8 Å². The van der Waals surface area contributed by atoms with E-state index in [4.69, 9.17) is 5.73 Å². The molecule has 1 nitrogen and oxygen atoms in total. The molecule has 1 aromatic carbocycles. The quantitative estimate of drug-likeness (QED) is 0.790. The van der Waals surface area contributed by atoms with Gasteiger partial charge >= 0.3 is 0 Å². The second-order valence-corrected chi connectivity index (χ2v) is 6.87. The van der Waals surface area contributed by atoms with Crippen LogP contribution in [0, 0.1) is 0 Å². The van der Waals surface area contributed by atoms with Crippen molar-refractivity contribution >= 4 is 11.3 Å². The van der Waals surface area contributed by atoms with Gasteiger partial charge in [0.2, 0.25) is 0 Å². The van der Waals surface area contributed by atoms with E-state index in [0.29, 0.717) is 0 Å². The number of nitrogens with two attached hydrogens (primary N) is 1. The molecule has 2 heteroatoms. The van der Waals surface area contributed by atoms with Gasteiger partial charge < -0.3 is 5.73 Å². The lowest BCUT2D eigenvalue weighted by Crippen LogP contribution is -2.17. The molecule has 2 N–H and O–H groups in total. The molecule has 1 aromatic heterocycles. The lowest BCUT2D eigenvalue weighted by Gasteiger charge is -2.29. The Hall–Kier alpha value is -1.12. The van der Waals surface area contributed by atoms with Gasteiger partial charge in [-0.2, -0.15) is 0 Å². The summed E-state index contributed by atoms with van der Waals surface area (Å²) in [7, 11) is 0. The number of aryl methyl sites for hydroxylation is 1. The van der Waals surface area contributed by atoms with Gasteiger partial charge in [0.05, 0.1) is 0 Å². The van der Waals surface area contributed by atoms with Gasteiger partial charge in [-0.3, -0.25) is 0 Å². The first kappa shape index (κ1) is 13.8. The van der Waals surface area contributed by atoms with Crippen LogP contribution in [0.3, 0.4) is 0 Å². The van der Waals surface area contributed by atoms with E-state index in [1.165, 1.54) is 41.7 Å². The molecule has 0 aliphatic heterocycles. The highest BCUT2D eigenvalue weighted by Crippen LogP contribution is 2.39. The summed E-state index contributed by atoms with van der Waals surface area (Å²) in [6, 6.07) is 13.4. The minimum absolute atomic E-state index is 0.201. The summed E-state index contributed by atoms with van der Waals surface area (Å²) < 4.78 is 0. The fourth-order valence-corrected chi connectivity index (χ4v) is 3.80. The summed E-state index contributed by atoms with van der Waals surface area (Å²) in [6.07, 6.45) is 7.50. The highest BCUT2D eigenvalue weighted by atomic mass is 32.1. The van der Waals surface area contributed by atoms with Crippen LogP contribution >= 0.6 is 11.3 Å². The molecule has 1 atom stereocenters. The monoisotopic (exact) mass is 285 g/mol. The fraction of sp³-hybridized carbons (Fsp3) is 0.444. The van der Waals surface area contributed by atoms with Crippen molar-refractivity contribution in [2.75, 3.05) is 0 Å². The molecular formula is C18H23NS. The van der Waals surface area contributed by atoms with Crippen LogP contribution in [-0.4, -0.2) is 0 Å². The van der Waals surface area contributed by atoms with Gasteiger partial charge in [0, 0.05) is 10.9 Å². The number of rotatable bonds is 6. The van der Waals surface area contributed by atoms with Crippen molar-refractivity contribution in [2.24, 2.45) is 5.73 Å². The summed E-state index contributed by atoms with van der Waals surface area (Å²) in [5.74, 6) is 0.773. The van der Waals surface area contributed by atoms with E-state index in [-0.39, 0.29) is 6.04 Å². The molecule has 1 aliphatic rings. The Morgan fingerprint density at radius 1 is 1.15 bits per heavy atom. The van der Waals surface area contributed by atoms with E-state index in [1.807, 2.05) is 11.3 Å². The molecular weight excluding hydrogens is 262 g/mol. The highest BCUT2D eigenvalue weighted by molar-refractivity contribution is 7.09. The van der Waals surface area contributed by atoms with E-state index in [0.717, 1.165) is 18.8 Å². The molecule has 1 unspecified atom stereocenters. The standard InChI is InChI=1S/C18H23NS/c19-18(12-4-8-15-9-5-13-20-15)17-11-2-1-10-16(17)14-6-3-7-14/h1-2,5,9-11,13-14,18H,3-4,6-8,12,19H2. The maximum atomic E-state index is 6.46. The van der Waals surface area contributed by atoms with Gasteiger partial charge in [-0.25, -0.2) is 0 Å². The van der Waals surface area contributed by atoms with Crippen molar-refractivity contribution in [3.8, 4) is 0 Å². The summed E-state index contributed by atoms with van der Waals surface area (Å²) in [6.45, 7) is 0. The molecule has 106 valence electrons. The minimum atomic E-state index is 0.201. The third kappa shape index (κ3) is 3.13. The summed E-state index contributed by atoms with van der Waals surface area (Å²) >= 11 is 1.85. The first-order valence-electron chi connectivity index (χ1n) is 7.71. The van der Waals surface area contributed by atoms with Gasteiger partial charge in [0.1, 0.15) is 0 Å². The van der Waals surface area contributed by atoms with E-state index < -0.39 is 0 Å². The van der Waals surface area contributed by atoms with Gasteiger partial charge in [-0.05, 0) is 60.6 Å². The maximum absolute atomic E-state index is 6.46. The number of thiophene rings is 1. The first-order valence-corrected chi connectivity index (χ1v) is 8.59. The van der Waals surface area contributed by atoms with Crippen LogP contribution < -0.4 is 5.73 Å². The minimum Gasteiger partial charge on any atom is -0.324 e. The predicted octanol–water partition coefficient (Wildman–Crippen LogP) is 5.04. The molecule has 0 amide bonds. The maximum Gasteiger partial charge on any atom is 0.0297 e. The Morgan fingerprint density at radius 2 is 2.00 bits per heavy atom. The third-order valence-corrected chi connectivity index (χ3v) is 5.40. The topological polar surface area (TPSA) is 26.0 Å². The lowest BCUT2D eigenvalue weighted by molar-refractivity contribution is 0.414. The molecule has 3 rings (SSSR count). The predicted molar refractivity (Wildman–Crippen MR) is 87.2 cm³/mol. The molecule has 1 fully saturated rings. The second-order valence-electron chi connectivity index (χ2n) is 5.83. The van der Waals surface area contributed by atoms with Gasteiger partial charge in [0.15, 0.2) is 0 Å². The average molecular weight is 285 g/mol. The van der Waals surface area contributed by atoms with Gasteiger partial charge in [-0.15, -0.1) is 11.3 Å². The van der Waals surface area contributed by atoms with Crippen LogP contribution in [0.2, 0.25) is 0 Å². The van der Waals surface area contributed by atoms with Crippen LogP contribution in [0.5, 0.6) is 0 Å². The Labute approximate surface area is 125 Å². The molecule has 0 bridgehead atoms. The number of hydrogen-bond acceptors (Lipinski definition) is 2. The van der Waals surface area contributed by atoms with Crippen LogP contribution in [0.4, 0.5) is 0 Å². The zero-order valence-corrected chi connectivity index (χ0v) is 12.7. The fourth-order valence-electron chi connectivity index (χ4n) is 3.05. The van der Waals surface area contributed by atoms with Crippen molar-refractivity contribution in [1.29, 1.82) is 0 Å². The molecule has 0 spiro atoms. The highest BCUT2D eigenvalue weighted by Gasteiger charge is 2.23. The van der Waals surface area contributed by atoms with Gasteiger partial charge in [-0.1, -0.05) is 36.8 Å². The lowest BCUT2D eigenvalue weighted by atomic mass is 9.77. The van der Waals surface area contributed by atoms with Crippen molar-refractivity contribution in [3.05, 3.63) is 57.8 Å². The zero-order chi connectivity index (χ0) is 13.8. The molecule has 0 saturated heterocycles. The Kier molecular flexibility index (Phi) is 4.54. The molecule has 20 heavy (non-hydrogen) atoms. The smallest absolute Gasteiger partial charge is 0.0297 e. The van der Waals surface area contributed by atoms with E-state index >= 15 is 0 Å². The molecule has 1 heterocycles. The van der Waals surface area contributed by atoms with E-state index in [1.54, 1.807) is 0 Å². The molecule has 0 radical (unpaired) electrons. The van der Waals surface area contributed by atoms with E-state index in [2.05, 4.69) is 41.8 Å². The normalized spacial score (nSPS) is 16.9. The Balaban J connectivity index is 1.60. The largest absolute Gasteiger partial charge is 0.324 e. The first-order chi connectivity index (χ1) is 9.84. The third-order valence-electron chi connectivity index (χ3n) is 4.46.